The van der Waals surface area contributed by atoms with Crippen LogP contribution in [0, 0.1) is 0 Å². The minimum atomic E-state index is 0.680. The molecule has 1 aliphatic heterocycles. The Bertz CT molecular complexity index is 426. The number of hydrogen-bond donors (Lipinski definition) is 1. The molecule has 0 unspecified atom stereocenters. The van der Waals surface area contributed by atoms with Crippen LogP contribution in [0.15, 0.2) is 6.33 Å². The summed E-state index contributed by atoms with van der Waals surface area (Å²) in [5.41, 5.74) is 2.58. The molecule has 0 atom stereocenters. The van der Waals surface area contributed by atoms with E-state index in [0.29, 0.717) is 6.04 Å². The molecule has 0 spiro atoms. The largest absolute Gasteiger partial charge is 0.354 e. The lowest BCUT2D eigenvalue weighted by Crippen LogP contribution is -2.39. The van der Waals surface area contributed by atoms with Crippen LogP contribution in [-0.2, 0) is 13.0 Å². The first-order chi connectivity index (χ1) is 9.40. The normalized spacial score (nSPS) is 20.1. The number of anilines is 1. The molecular weight excluding hydrogens is 236 g/mol. The zero-order chi connectivity index (χ0) is 13.1. The molecule has 1 aliphatic carbocycles. The van der Waals surface area contributed by atoms with Crippen LogP contribution in [0.4, 0.5) is 5.82 Å². The van der Waals surface area contributed by atoms with E-state index in [9.17, 15) is 0 Å². The molecule has 1 N–H and O–H groups in total. The Morgan fingerprint density at radius 3 is 2.89 bits per heavy atom. The summed E-state index contributed by atoms with van der Waals surface area (Å²) in [6.45, 7) is 5.27. The standard InChI is InChI=1S/C15H24N4/c1-2-19(12-6-4-3-5-7-12)15-13-10-16-9-8-14(13)17-11-18-15/h11-12,16H,2-10H2,1H3. The van der Waals surface area contributed by atoms with Crippen molar-refractivity contribution in [2.24, 2.45) is 0 Å². The summed E-state index contributed by atoms with van der Waals surface area (Å²) in [4.78, 5) is 11.6. The first kappa shape index (κ1) is 12.9. The van der Waals surface area contributed by atoms with E-state index in [-0.39, 0.29) is 0 Å². The highest BCUT2D eigenvalue weighted by molar-refractivity contribution is 5.50. The minimum absolute atomic E-state index is 0.680. The van der Waals surface area contributed by atoms with Crippen molar-refractivity contribution in [2.45, 2.75) is 58.0 Å². The zero-order valence-electron chi connectivity index (χ0n) is 11.9. The molecule has 104 valence electrons. The minimum Gasteiger partial charge on any atom is -0.354 e. The summed E-state index contributed by atoms with van der Waals surface area (Å²) in [6.07, 6.45) is 9.56. The van der Waals surface area contributed by atoms with Gasteiger partial charge >= 0.3 is 0 Å². The van der Waals surface area contributed by atoms with Gasteiger partial charge in [0.05, 0.1) is 5.69 Å². The van der Waals surface area contributed by atoms with Gasteiger partial charge in [0.2, 0.25) is 0 Å². The van der Waals surface area contributed by atoms with E-state index < -0.39 is 0 Å². The van der Waals surface area contributed by atoms with E-state index in [1.54, 1.807) is 6.33 Å². The van der Waals surface area contributed by atoms with Crippen LogP contribution < -0.4 is 10.2 Å². The van der Waals surface area contributed by atoms with Gasteiger partial charge in [-0.3, -0.25) is 0 Å². The van der Waals surface area contributed by atoms with Crippen LogP contribution in [0.5, 0.6) is 0 Å². The summed E-state index contributed by atoms with van der Waals surface area (Å²) in [6, 6.07) is 0.680. The van der Waals surface area contributed by atoms with Gasteiger partial charge in [0, 0.05) is 37.7 Å². The quantitative estimate of drug-likeness (QED) is 0.905. The van der Waals surface area contributed by atoms with Gasteiger partial charge in [-0.25, -0.2) is 9.97 Å². The Morgan fingerprint density at radius 1 is 1.26 bits per heavy atom. The third kappa shape index (κ3) is 2.59. The summed E-state index contributed by atoms with van der Waals surface area (Å²) in [5.74, 6) is 1.19. The van der Waals surface area contributed by atoms with Crippen LogP contribution in [0.1, 0.15) is 50.3 Å². The third-order valence-electron chi connectivity index (χ3n) is 4.48. The maximum Gasteiger partial charge on any atom is 0.136 e. The summed E-state index contributed by atoms with van der Waals surface area (Å²) in [7, 11) is 0. The lowest BCUT2D eigenvalue weighted by Gasteiger charge is -2.36. The van der Waals surface area contributed by atoms with Gasteiger partial charge in [-0.05, 0) is 19.8 Å². The fourth-order valence-corrected chi connectivity index (χ4v) is 3.48. The van der Waals surface area contributed by atoms with Crippen molar-refractivity contribution >= 4 is 5.82 Å². The number of rotatable bonds is 3. The first-order valence-corrected chi connectivity index (χ1v) is 7.70. The second kappa shape index (κ2) is 5.87. The number of nitrogens with zero attached hydrogens (tertiary/aromatic N) is 3. The Kier molecular flexibility index (Phi) is 3.97. The molecule has 0 saturated heterocycles. The van der Waals surface area contributed by atoms with Crippen LogP contribution in [0.25, 0.3) is 0 Å². The van der Waals surface area contributed by atoms with Crippen molar-refractivity contribution < 1.29 is 0 Å². The molecule has 4 heteroatoms. The maximum absolute atomic E-state index is 4.61. The fraction of sp³-hybridized carbons (Fsp3) is 0.733. The van der Waals surface area contributed by atoms with Crippen molar-refractivity contribution in [3.05, 3.63) is 17.6 Å². The molecule has 0 bridgehead atoms. The van der Waals surface area contributed by atoms with E-state index in [1.807, 2.05) is 0 Å². The van der Waals surface area contributed by atoms with Gasteiger partial charge in [0.1, 0.15) is 12.1 Å². The van der Waals surface area contributed by atoms with E-state index in [1.165, 1.54) is 49.2 Å². The highest BCUT2D eigenvalue weighted by Gasteiger charge is 2.25. The number of aromatic nitrogens is 2. The molecule has 0 amide bonds. The van der Waals surface area contributed by atoms with Crippen LogP contribution in [-0.4, -0.2) is 29.1 Å². The Balaban J connectivity index is 1.90. The molecule has 0 aromatic carbocycles. The monoisotopic (exact) mass is 260 g/mol. The molecule has 4 nitrogen and oxygen atoms in total. The van der Waals surface area contributed by atoms with Gasteiger partial charge < -0.3 is 10.2 Å². The van der Waals surface area contributed by atoms with Gasteiger partial charge in [-0.1, -0.05) is 19.3 Å². The molecule has 1 saturated carbocycles. The van der Waals surface area contributed by atoms with Crippen LogP contribution in [0.2, 0.25) is 0 Å². The van der Waals surface area contributed by atoms with E-state index in [2.05, 4.69) is 27.1 Å². The van der Waals surface area contributed by atoms with Crippen molar-refractivity contribution in [2.75, 3.05) is 18.0 Å². The highest BCUT2D eigenvalue weighted by Crippen LogP contribution is 2.29. The van der Waals surface area contributed by atoms with E-state index in [4.69, 9.17) is 0 Å². The van der Waals surface area contributed by atoms with Gasteiger partial charge in [-0.15, -0.1) is 0 Å². The summed E-state index contributed by atoms with van der Waals surface area (Å²) >= 11 is 0. The van der Waals surface area contributed by atoms with Crippen LogP contribution in [0.3, 0.4) is 0 Å². The highest BCUT2D eigenvalue weighted by atomic mass is 15.2. The average Bonchev–Trinajstić information content (AvgIpc) is 2.49. The zero-order valence-corrected chi connectivity index (χ0v) is 11.9. The van der Waals surface area contributed by atoms with Gasteiger partial charge in [0.15, 0.2) is 0 Å². The molecule has 2 heterocycles. The Hall–Kier alpha value is -1.16. The van der Waals surface area contributed by atoms with Gasteiger partial charge in [0.25, 0.3) is 0 Å². The summed E-state index contributed by atoms with van der Waals surface area (Å²) < 4.78 is 0. The average molecular weight is 260 g/mol. The van der Waals surface area contributed by atoms with Crippen molar-refractivity contribution in [3.8, 4) is 0 Å². The van der Waals surface area contributed by atoms with Crippen molar-refractivity contribution in [1.29, 1.82) is 0 Å². The molecule has 19 heavy (non-hydrogen) atoms. The Labute approximate surface area is 115 Å². The third-order valence-corrected chi connectivity index (χ3v) is 4.48. The molecule has 1 aromatic rings. The second-order valence-electron chi connectivity index (χ2n) is 5.63. The smallest absolute Gasteiger partial charge is 0.136 e. The number of hydrogen-bond acceptors (Lipinski definition) is 4. The molecule has 2 aliphatic rings. The van der Waals surface area contributed by atoms with E-state index in [0.717, 1.165) is 26.1 Å². The molecule has 1 aromatic heterocycles. The lowest BCUT2D eigenvalue weighted by molar-refractivity contribution is 0.414. The molecule has 3 rings (SSSR count). The van der Waals surface area contributed by atoms with Crippen LogP contribution >= 0.6 is 0 Å². The molecular formula is C15H24N4. The van der Waals surface area contributed by atoms with Crippen molar-refractivity contribution in [1.82, 2.24) is 15.3 Å². The number of nitrogens with one attached hydrogen (secondary N) is 1. The first-order valence-electron chi connectivity index (χ1n) is 7.70. The topological polar surface area (TPSA) is 41.1 Å². The van der Waals surface area contributed by atoms with E-state index >= 15 is 0 Å². The SMILES string of the molecule is CCN(c1ncnc2c1CNCC2)C1CCCCC1. The number of fused-ring (bicyclic) bond motifs is 1. The predicted molar refractivity (Wildman–Crippen MR) is 77.3 cm³/mol. The Morgan fingerprint density at radius 2 is 2.11 bits per heavy atom. The molecule has 0 radical (unpaired) electrons. The predicted octanol–water partition coefficient (Wildman–Crippen LogP) is 2.28. The lowest BCUT2D eigenvalue weighted by atomic mass is 9.93. The fourth-order valence-electron chi connectivity index (χ4n) is 3.48. The summed E-state index contributed by atoms with van der Waals surface area (Å²) in [5, 5.41) is 3.46. The maximum atomic E-state index is 4.61. The molecule has 1 fully saturated rings. The van der Waals surface area contributed by atoms with Gasteiger partial charge in [-0.2, -0.15) is 0 Å². The second-order valence-corrected chi connectivity index (χ2v) is 5.63. The van der Waals surface area contributed by atoms with Crippen molar-refractivity contribution in [3.63, 3.8) is 0 Å².